The molecule has 1 aliphatic heterocycles. The van der Waals surface area contributed by atoms with Crippen LogP contribution in [0.25, 0.3) is 16.8 Å². The van der Waals surface area contributed by atoms with Gasteiger partial charge in [0.2, 0.25) is 5.91 Å². The van der Waals surface area contributed by atoms with Crippen molar-refractivity contribution >= 4 is 35.7 Å². The number of nitrogens with one attached hydrogen (secondary N) is 1. The van der Waals surface area contributed by atoms with Crippen LogP contribution in [0.1, 0.15) is 20.0 Å². The molecular formula is C21H25ClFN5O3. The number of nitrogens with zero attached hydrogens (tertiary/aromatic N) is 3. The lowest BCUT2D eigenvalue weighted by atomic mass is 10.1. The molecule has 1 atom stereocenters. The minimum atomic E-state index is -0.568. The van der Waals surface area contributed by atoms with Crippen LogP contribution in [0.2, 0.25) is 0 Å². The van der Waals surface area contributed by atoms with Gasteiger partial charge < -0.3 is 20.2 Å². The molecule has 31 heavy (non-hydrogen) atoms. The number of ether oxygens (including phenoxy) is 1. The zero-order valence-corrected chi connectivity index (χ0v) is 17.0. The summed E-state index contributed by atoms with van der Waals surface area (Å²) in [4.78, 5) is 28.9. The first-order valence-electron chi connectivity index (χ1n) is 9.15. The number of nitrogens with two attached hydrogens (primary N) is 1. The second-order valence-electron chi connectivity index (χ2n) is 6.84. The first-order valence-corrected chi connectivity index (χ1v) is 9.15. The number of rotatable bonds is 5. The second-order valence-corrected chi connectivity index (χ2v) is 6.84. The van der Waals surface area contributed by atoms with E-state index < -0.39 is 18.0 Å². The number of carbonyl (C=O) groups is 2. The van der Waals surface area contributed by atoms with Gasteiger partial charge in [0.15, 0.2) is 0 Å². The third kappa shape index (κ3) is 4.95. The highest BCUT2D eigenvalue weighted by atomic mass is 35.5. The summed E-state index contributed by atoms with van der Waals surface area (Å²) >= 11 is 0. The lowest BCUT2D eigenvalue weighted by Gasteiger charge is -2.14. The third-order valence-corrected chi connectivity index (χ3v) is 4.74. The molecule has 0 bridgehead atoms. The van der Waals surface area contributed by atoms with Crippen LogP contribution >= 0.6 is 12.4 Å². The highest BCUT2D eigenvalue weighted by molar-refractivity contribution is 5.90. The van der Waals surface area contributed by atoms with E-state index in [1.165, 1.54) is 17.9 Å². The van der Waals surface area contributed by atoms with E-state index in [1.807, 2.05) is 0 Å². The first-order chi connectivity index (χ1) is 13.9. The number of amides is 2. The minimum Gasteiger partial charge on any atom is -0.442 e. The topological polar surface area (TPSA) is 102 Å². The maximum absolute atomic E-state index is 14.9. The Balaban J connectivity index is 0.00000171. The number of cyclic esters (lactones) is 1. The van der Waals surface area contributed by atoms with Crippen LogP contribution in [-0.4, -0.2) is 40.6 Å². The normalized spacial score (nSPS) is 15.3. The Morgan fingerprint density at radius 3 is 2.77 bits per heavy atom. The standard InChI is InChI=1S/C20H20FN5O3.CH4.ClH/c1-12(27)23-8-16-11-26(20(28)29-16)15-3-4-17(18(21)6-15)13-2-5-19-24-14(7-22)10-25(19)9-13;;/h2-6,9-10,16H,7-8,11,22H2,1H3,(H,23,27);1H4;1H/t16-;;/m0../s1. The molecule has 1 aliphatic rings. The van der Waals surface area contributed by atoms with Crippen LogP contribution in [0, 0.1) is 5.82 Å². The summed E-state index contributed by atoms with van der Waals surface area (Å²) in [6.07, 6.45) is 2.55. The van der Waals surface area contributed by atoms with E-state index in [2.05, 4.69) is 10.3 Å². The zero-order chi connectivity index (χ0) is 20.5. The van der Waals surface area contributed by atoms with E-state index in [0.717, 1.165) is 11.3 Å². The SMILES string of the molecule is C.CC(=O)NC[C@H]1CN(c2ccc(-c3ccc4nc(CN)cn4c3)c(F)c2)C(=O)O1.Cl. The van der Waals surface area contributed by atoms with Crippen LogP contribution in [0.3, 0.4) is 0 Å². The Morgan fingerprint density at radius 2 is 2.10 bits per heavy atom. The smallest absolute Gasteiger partial charge is 0.414 e. The number of imidazole rings is 1. The van der Waals surface area contributed by atoms with Crippen molar-refractivity contribution in [1.29, 1.82) is 0 Å². The number of anilines is 1. The Bertz CT molecular complexity index is 1100. The van der Waals surface area contributed by atoms with Crippen molar-refractivity contribution in [2.45, 2.75) is 27.0 Å². The average Bonchev–Trinajstić information content (AvgIpc) is 3.28. The van der Waals surface area contributed by atoms with Crippen LogP contribution in [-0.2, 0) is 16.1 Å². The van der Waals surface area contributed by atoms with Crippen LogP contribution in [0.5, 0.6) is 0 Å². The summed E-state index contributed by atoms with van der Waals surface area (Å²) in [6.45, 7) is 2.17. The summed E-state index contributed by atoms with van der Waals surface area (Å²) in [7, 11) is 0. The predicted molar refractivity (Wildman–Crippen MR) is 119 cm³/mol. The van der Waals surface area contributed by atoms with Gasteiger partial charge in [0.1, 0.15) is 17.6 Å². The molecule has 4 rings (SSSR count). The van der Waals surface area contributed by atoms with E-state index >= 15 is 0 Å². The molecule has 0 aliphatic carbocycles. The van der Waals surface area contributed by atoms with Crippen LogP contribution in [0.4, 0.5) is 14.9 Å². The van der Waals surface area contributed by atoms with Gasteiger partial charge >= 0.3 is 6.09 Å². The van der Waals surface area contributed by atoms with Gasteiger partial charge in [0.25, 0.3) is 0 Å². The van der Waals surface area contributed by atoms with Gasteiger partial charge in [-0.05, 0) is 30.3 Å². The molecule has 0 saturated carbocycles. The minimum absolute atomic E-state index is 0. The van der Waals surface area contributed by atoms with E-state index in [9.17, 15) is 14.0 Å². The van der Waals surface area contributed by atoms with Gasteiger partial charge in [-0.15, -0.1) is 12.4 Å². The number of benzene rings is 1. The number of hydrogen-bond acceptors (Lipinski definition) is 5. The number of pyridine rings is 1. The maximum atomic E-state index is 14.9. The number of halogens is 2. The van der Waals surface area contributed by atoms with Gasteiger partial charge in [-0.3, -0.25) is 9.69 Å². The molecule has 0 radical (unpaired) electrons. The van der Waals surface area contributed by atoms with Crippen molar-refractivity contribution in [3.63, 3.8) is 0 Å². The fourth-order valence-electron chi connectivity index (χ4n) is 3.30. The van der Waals surface area contributed by atoms with Gasteiger partial charge in [0, 0.05) is 37.0 Å². The highest BCUT2D eigenvalue weighted by Gasteiger charge is 2.32. The molecule has 0 spiro atoms. The number of aromatic nitrogens is 2. The lowest BCUT2D eigenvalue weighted by Crippen LogP contribution is -2.33. The summed E-state index contributed by atoms with van der Waals surface area (Å²) in [5, 5.41) is 2.61. The van der Waals surface area contributed by atoms with Crippen molar-refractivity contribution in [1.82, 2.24) is 14.7 Å². The van der Waals surface area contributed by atoms with E-state index in [0.29, 0.717) is 23.4 Å². The molecule has 3 N–H and O–H groups in total. The number of hydrogen-bond donors (Lipinski definition) is 2. The molecule has 2 amide bonds. The molecule has 1 saturated heterocycles. The lowest BCUT2D eigenvalue weighted by molar-refractivity contribution is -0.119. The molecule has 1 fully saturated rings. The van der Waals surface area contributed by atoms with E-state index in [1.54, 1.807) is 41.1 Å². The van der Waals surface area contributed by atoms with Crippen molar-refractivity contribution in [3.05, 3.63) is 54.2 Å². The van der Waals surface area contributed by atoms with Crippen LogP contribution < -0.4 is 16.0 Å². The van der Waals surface area contributed by atoms with E-state index in [-0.39, 0.29) is 38.8 Å². The molecule has 2 aromatic heterocycles. The van der Waals surface area contributed by atoms with Gasteiger partial charge in [0.05, 0.1) is 24.5 Å². The van der Waals surface area contributed by atoms with Gasteiger partial charge in [-0.1, -0.05) is 7.43 Å². The largest absolute Gasteiger partial charge is 0.442 e. The molecule has 10 heteroatoms. The summed E-state index contributed by atoms with van der Waals surface area (Å²) in [6, 6.07) is 8.19. The molecular weight excluding hydrogens is 425 g/mol. The molecule has 1 aromatic carbocycles. The maximum Gasteiger partial charge on any atom is 0.414 e. The van der Waals surface area contributed by atoms with Crippen molar-refractivity contribution in [2.24, 2.45) is 5.73 Å². The number of fused-ring (bicyclic) bond motifs is 1. The molecule has 166 valence electrons. The van der Waals surface area contributed by atoms with Crippen molar-refractivity contribution in [2.75, 3.05) is 18.0 Å². The molecule has 3 heterocycles. The fourth-order valence-corrected chi connectivity index (χ4v) is 3.30. The summed E-state index contributed by atoms with van der Waals surface area (Å²) in [5.74, 6) is -0.664. The first kappa shape index (κ1) is 24.1. The molecule has 8 nitrogen and oxygen atoms in total. The molecule has 3 aromatic rings. The Labute approximate surface area is 185 Å². The Kier molecular flexibility index (Phi) is 7.59. The number of carbonyl (C=O) groups excluding carboxylic acids is 2. The zero-order valence-electron chi connectivity index (χ0n) is 16.2. The quantitative estimate of drug-likeness (QED) is 0.623. The average molecular weight is 450 g/mol. The van der Waals surface area contributed by atoms with Crippen molar-refractivity contribution < 1.29 is 18.7 Å². The van der Waals surface area contributed by atoms with E-state index in [4.69, 9.17) is 10.5 Å². The highest BCUT2D eigenvalue weighted by Crippen LogP contribution is 2.29. The fraction of sp³-hybridized carbons (Fsp3) is 0.286. The second kappa shape index (κ2) is 9.76. The van der Waals surface area contributed by atoms with Gasteiger partial charge in [-0.2, -0.15) is 0 Å². The third-order valence-electron chi connectivity index (χ3n) is 4.74. The van der Waals surface area contributed by atoms with Crippen LogP contribution in [0.15, 0.2) is 42.7 Å². The summed E-state index contributed by atoms with van der Waals surface area (Å²) < 4.78 is 21.9. The summed E-state index contributed by atoms with van der Waals surface area (Å²) in [5.41, 5.74) is 8.58. The molecule has 0 unspecified atom stereocenters. The Hall–Kier alpha value is -3.17. The predicted octanol–water partition coefficient (Wildman–Crippen LogP) is 3.12. The Morgan fingerprint density at radius 1 is 1.32 bits per heavy atom. The van der Waals surface area contributed by atoms with Crippen molar-refractivity contribution in [3.8, 4) is 11.1 Å². The monoisotopic (exact) mass is 449 g/mol. The van der Waals surface area contributed by atoms with Gasteiger partial charge in [-0.25, -0.2) is 14.2 Å².